The lowest BCUT2D eigenvalue weighted by atomic mass is 9.92. The highest BCUT2D eigenvalue weighted by Gasteiger charge is 2.14. The van der Waals surface area contributed by atoms with Gasteiger partial charge in [-0.3, -0.25) is 0 Å². The highest BCUT2D eigenvalue weighted by Crippen LogP contribution is 2.25. The van der Waals surface area contributed by atoms with Crippen molar-refractivity contribution in [2.75, 3.05) is 26.3 Å². The van der Waals surface area contributed by atoms with E-state index in [1.54, 1.807) is 0 Å². The summed E-state index contributed by atoms with van der Waals surface area (Å²) in [5, 5.41) is 3.46. The normalized spacial score (nSPS) is 17.7. The van der Waals surface area contributed by atoms with Crippen LogP contribution in [0.3, 0.4) is 0 Å². The monoisotopic (exact) mass is 311 g/mol. The summed E-state index contributed by atoms with van der Waals surface area (Å²) in [6.45, 7) is 5.42. The minimum atomic E-state index is 0.553. The van der Waals surface area contributed by atoms with Crippen molar-refractivity contribution >= 4 is 0 Å². The second kappa shape index (κ2) is 8.02. The molecule has 1 aliphatic heterocycles. The van der Waals surface area contributed by atoms with Gasteiger partial charge in [0, 0.05) is 6.54 Å². The van der Waals surface area contributed by atoms with Crippen LogP contribution in [-0.2, 0) is 0 Å². The van der Waals surface area contributed by atoms with Crippen LogP contribution in [0.1, 0.15) is 29.9 Å². The lowest BCUT2D eigenvalue weighted by molar-refractivity contribution is 0.217. The number of piperidine rings is 1. The molecular weight excluding hydrogens is 286 g/mol. The van der Waals surface area contributed by atoms with E-state index in [0.29, 0.717) is 19.1 Å². The van der Waals surface area contributed by atoms with Crippen LogP contribution in [0, 0.1) is 6.92 Å². The molecule has 1 N–H and O–H groups in total. The molecule has 1 unspecified atom stereocenters. The molecule has 23 heavy (non-hydrogen) atoms. The number of rotatable bonds is 6. The Bertz CT molecular complexity index is 586. The maximum absolute atomic E-state index is 5.75. The topological polar surface area (TPSA) is 30.5 Å². The molecule has 2 aromatic carbocycles. The predicted octanol–water partition coefficient (Wildman–Crippen LogP) is 3.92. The second-order valence-corrected chi connectivity index (χ2v) is 6.12. The fourth-order valence-corrected chi connectivity index (χ4v) is 2.93. The van der Waals surface area contributed by atoms with Crippen molar-refractivity contribution in [2.24, 2.45) is 0 Å². The summed E-state index contributed by atoms with van der Waals surface area (Å²) in [4.78, 5) is 0. The lowest BCUT2D eigenvalue weighted by Crippen LogP contribution is -2.28. The maximum atomic E-state index is 5.75. The van der Waals surface area contributed by atoms with E-state index in [2.05, 4.69) is 48.6 Å². The largest absolute Gasteiger partial charge is 0.490 e. The van der Waals surface area contributed by atoms with Gasteiger partial charge in [0.1, 0.15) is 24.7 Å². The van der Waals surface area contributed by atoms with Crippen molar-refractivity contribution in [1.29, 1.82) is 0 Å². The molecule has 3 rings (SSSR count). The third kappa shape index (κ3) is 4.73. The van der Waals surface area contributed by atoms with E-state index in [1.165, 1.54) is 24.0 Å². The quantitative estimate of drug-likeness (QED) is 0.820. The Kier molecular flexibility index (Phi) is 5.54. The summed E-state index contributed by atoms with van der Waals surface area (Å²) < 4.78 is 11.4. The van der Waals surface area contributed by atoms with Gasteiger partial charge in [-0.1, -0.05) is 29.8 Å². The first-order valence-electron chi connectivity index (χ1n) is 8.44. The fourth-order valence-electron chi connectivity index (χ4n) is 2.93. The van der Waals surface area contributed by atoms with E-state index in [4.69, 9.17) is 9.47 Å². The Labute approximate surface area is 138 Å². The average molecular weight is 311 g/mol. The number of nitrogens with one attached hydrogen (secondary N) is 1. The highest BCUT2D eigenvalue weighted by atomic mass is 16.5. The molecule has 1 fully saturated rings. The maximum Gasteiger partial charge on any atom is 0.122 e. The zero-order valence-electron chi connectivity index (χ0n) is 13.8. The summed E-state index contributed by atoms with van der Waals surface area (Å²) in [6, 6.07) is 16.6. The minimum absolute atomic E-state index is 0.553. The summed E-state index contributed by atoms with van der Waals surface area (Å²) in [5.74, 6) is 2.44. The van der Waals surface area contributed by atoms with E-state index in [1.807, 2.05) is 12.1 Å². The van der Waals surface area contributed by atoms with Crippen LogP contribution in [0.5, 0.6) is 11.5 Å². The first-order chi connectivity index (χ1) is 11.3. The number of benzene rings is 2. The zero-order valence-corrected chi connectivity index (χ0v) is 13.8. The van der Waals surface area contributed by atoms with Gasteiger partial charge in [0.15, 0.2) is 0 Å². The van der Waals surface area contributed by atoms with Gasteiger partial charge >= 0.3 is 0 Å². The van der Waals surface area contributed by atoms with Gasteiger partial charge in [-0.25, -0.2) is 0 Å². The van der Waals surface area contributed by atoms with Gasteiger partial charge in [0.05, 0.1) is 0 Å². The molecule has 0 radical (unpaired) electrons. The van der Waals surface area contributed by atoms with Gasteiger partial charge < -0.3 is 14.8 Å². The van der Waals surface area contributed by atoms with Crippen LogP contribution in [0.4, 0.5) is 0 Å². The summed E-state index contributed by atoms with van der Waals surface area (Å²) in [5.41, 5.74) is 2.64. The van der Waals surface area contributed by atoms with E-state index in [9.17, 15) is 0 Å². The standard InChI is InChI=1S/C20H25NO2/c1-16-4-8-19(9-5-16)22-13-14-23-20-10-6-17(7-11-20)18-3-2-12-21-15-18/h4-11,18,21H,2-3,12-15H2,1H3. The van der Waals surface area contributed by atoms with E-state index < -0.39 is 0 Å². The molecule has 1 aliphatic rings. The van der Waals surface area contributed by atoms with Crippen LogP contribution in [-0.4, -0.2) is 26.3 Å². The molecule has 3 nitrogen and oxygen atoms in total. The molecule has 0 amide bonds. The van der Waals surface area contributed by atoms with Gasteiger partial charge in [0.25, 0.3) is 0 Å². The highest BCUT2D eigenvalue weighted by molar-refractivity contribution is 5.30. The number of aryl methyl sites for hydroxylation is 1. The van der Waals surface area contributed by atoms with Crippen LogP contribution in [0.25, 0.3) is 0 Å². The second-order valence-electron chi connectivity index (χ2n) is 6.12. The molecule has 1 heterocycles. The van der Waals surface area contributed by atoms with Crippen molar-refractivity contribution < 1.29 is 9.47 Å². The Balaban J connectivity index is 1.42. The predicted molar refractivity (Wildman–Crippen MR) is 93.5 cm³/mol. The van der Waals surface area contributed by atoms with Gasteiger partial charge in [-0.15, -0.1) is 0 Å². The summed E-state index contributed by atoms with van der Waals surface area (Å²) in [7, 11) is 0. The molecule has 0 saturated carbocycles. The van der Waals surface area contributed by atoms with E-state index in [-0.39, 0.29) is 0 Å². The van der Waals surface area contributed by atoms with Crippen LogP contribution in [0.15, 0.2) is 48.5 Å². The Morgan fingerprint density at radius 2 is 1.52 bits per heavy atom. The first kappa shape index (κ1) is 15.9. The molecule has 0 aliphatic carbocycles. The third-order valence-corrected chi connectivity index (χ3v) is 4.29. The summed E-state index contributed by atoms with van der Waals surface area (Å²) in [6.07, 6.45) is 2.54. The van der Waals surface area contributed by atoms with Crippen molar-refractivity contribution in [3.8, 4) is 11.5 Å². The fraction of sp³-hybridized carbons (Fsp3) is 0.400. The van der Waals surface area contributed by atoms with Crippen molar-refractivity contribution in [3.05, 3.63) is 59.7 Å². The molecule has 1 saturated heterocycles. The Morgan fingerprint density at radius 3 is 2.09 bits per heavy atom. The van der Waals surface area contributed by atoms with Crippen molar-refractivity contribution in [2.45, 2.75) is 25.7 Å². The van der Waals surface area contributed by atoms with Crippen molar-refractivity contribution in [1.82, 2.24) is 5.32 Å². The molecule has 1 atom stereocenters. The van der Waals surface area contributed by atoms with Crippen LogP contribution >= 0.6 is 0 Å². The smallest absolute Gasteiger partial charge is 0.122 e. The van der Waals surface area contributed by atoms with Crippen molar-refractivity contribution in [3.63, 3.8) is 0 Å². The van der Waals surface area contributed by atoms with Crippen LogP contribution < -0.4 is 14.8 Å². The molecule has 2 aromatic rings. The van der Waals surface area contributed by atoms with Gasteiger partial charge in [0.2, 0.25) is 0 Å². The first-order valence-corrected chi connectivity index (χ1v) is 8.44. The average Bonchev–Trinajstić information content (AvgIpc) is 2.62. The zero-order chi connectivity index (χ0) is 15.9. The molecular formula is C20H25NO2. The van der Waals surface area contributed by atoms with E-state index >= 15 is 0 Å². The SMILES string of the molecule is Cc1ccc(OCCOc2ccc(C3CCCNC3)cc2)cc1. The number of hydrogen-bond donors (Lipinski definition) is 1. The van der Waals surface area contributed by atoms with E-state index in [0.717, 1.165) is 24.6 Å². The lowest BCUT2D eigenvalue weighted by Gasteiger charge is -2.23. The van der Waals surface area contributed by atoms with Gasteiger partial charge in [-0.2, -0.15) is 0 Å². The molecule has 3 heteroatoms. The number of ether oxygens (including phenoxy) is 2. The molecule has 0 aromatic heterocycles. The molecule has 0 spiro atoms. The minimum Gasteiger partial charge on any atom is -0.490 e. The summed E-state index contributed by atoms with van der Waals surface area (Å²) >= 11 is 0. The van der Waals surface area contributed by atoms with Crippen LogP contribution in [0.2, 0.25) is 0 Å². The molecule has 122 valence electrons. The number of hydrogen-bond acceptors (Lipinski definition) is 3. The third-order valence-electron chi connectivity index (χ3n) is 4.29. The van der Waals surface area contributed by atoms with Gasteiger partial charge in [-0.05, 0) is 62.1 Å². The Morgan fingerprint density at radius 1 is 0.913 bits per heavy atom. The Hall–Kier alpha value is -2.00. The molecule has 0 bridgehead atoms.